The summed E-state index contributed by atoms with van der Waals surface area (Å²) in [6.07, 6.45) is 5.25. The highest BCUT2D eigenvalue weighted by atomic mass is 16.2. The number of guanidine groups is 1. The van der Waals surface area contributed by atoms with E-state index in [0.717, 1.165) is 50.9 Å². The second-order valence-electron chi connectivity index (χ2n) is 6.47. The highest BCUT2D eigenvalue weighted by molar-refractivity contribution is 5.80. The summed E-state index contributed by atoms with van der Waals surface area (Å²) in [7, 11) is 0. The van der Waals surface area contributed by atoms with Crippen LogP contribution in [0.25, 0.3) is 0 Å². The Morgan fingerprint density at radius 2 is 2.09 bits per heavy atom. The van der Waals surface area contributed by atoms with Crippen LogP contribution in [0.3, 0.4) is 0 Å². The number of nitrogens with zero attached hydrogens (tertiary/aromatic N) is 2. The lowest BCUT2D eigenvalue weighted by Crippen LogP contribution is -2.45. The summed E-state index contributed by atoms with van der Waals surface area (Å²) in [6.45, 7) is 11.9. The van der Waals surface area contributed by atoms with Crippen LogP contribution in [-0.4, -0.2) is 49.0 Å². The van der Waals surface area contributed by atoms with Crippen LogP contribution < -0.4 is 10.6 Å². The second-order valence-corrected chi connectivity index (χ2v) is 6.47. The van der Waals surface area contributed by atoms with Crippen molar-refractivity contribution in [1.29, 1.82) is 0 Å². The van der Waals surface area contributed by atoms with E-state index in [0.29, 0.717) is 12.5 Å². The average Bonchev–Trinajstić information content (AvgIpc) is 2.94. The molecule has 0 aromatic carbocycles. The lowest BCUT2D eigenvalue weighted by atomic mass is 10.1. The molecule has 0 spiro atoms. The molecule has 1 atom stereocenters. The number of aliphatic imine (C=N–C) groups is 1. The van der Waals surface area contributed by atoms with Gasteiger partial charge in [-0.25, -0.2) is 0 Å². The SMILES string of the molecule is CCNC(=NCCCCC(C)C)NC1CCN(C(=O)CC)C1. The third-order valence-electron chi connectivity index (χ3n) is 3.99. The van der Waals surface area contributed by atoms with Crippen LogP contribution in [-0.2, 0) is 4.79 Å². The number of likely N-dealkylation sites (tertiary alicyclic amines) is 1. The Labute approximate surface area is 135 Å². The molecule has 0 aliphatic carbocycles. The maximum atomic E-state index is 11.7. The molecule has 1 unspecified atom stereocenters. The molecular weight excluding hydrogens is 276 g/mol. The summed E-state index contributed by atoms with van der Waals surface area (Å²) in [4.78, 5) is 18.3. The molecule has 0 saturated carbocycles. The number of carbonyl (C=O) groups excluding carboxylic acids is 1. The van der Waals surface area contributed by atoms with E-state index in [9.17, 15) is 4.79 Å². The quantitative estimate of drug-likeness (QED) is 0.411. The lowest BCUT2D eigenvalue weighted by Gasteiger charge is -2.18. The minimum atomic E-state index is 0.250. The Balaban J connectivity index is 2.35. The molecule has 5 heteroatoms. The van der Waals surface area contributed by atoms with E-state index >= 15 is 0 Å². The van der Waals surface area contributed by atoms with Crippen LogP contribution >= 0.6 is 0 Å². The van der Waals surface area contributed by atoms with Crippen LogP contribution in [0.2, 0.25) is 0 Å². The molecule has 1 rings (SSSR count). The molecule has 0 aromatic heterocycles. The molecule has 1 fully saturated rings. The van der Waals surface area contributed by atoms with Gasteiger partial charge in [-0.05, 0) is 25.7 Å². The Hall–Kier alpha value is -1.26. The van der Waals surface area contributed by atoms with Gasteiger partial charge in [0.2, 0.25) is 5.91 Å². The zero-order valence-corrected chi connectivity index (χ0v) is 14.8. The predicted molar refractivity (Wildman–Crippen MR) is 93.1 cm³/mol. The third kappa shape index (κ3) is 7.14. The molecule has 5 nitrogen and oxygen atoms in total. The highest BCUT2D eigenvalue weighted by Gasteiger charge is 2.25. The van der Waals surface area contributed by atoms with Gasteiger partial charge in [0, 0.05) is 38.6 Å². The molecule has 1 amide bonds. The minimum absolute atomic E-state index is 0.250. The largest absolute Gasteiger partial charge is 0.357 e. The molecule has 128 valence electrons. The summed E-state index contributed by atoms with van der Waals surface area (Å²) in [5.74, 6) is 1.92. The van der Waals surface area contributed by atoms with Crippen molar-refractivity contribution >= 4 is 11.9 Å². The fourth-order valence-electron chi connectivity index (χ4n) is 2.70. The van der Waals surface area contributed by atoms with E-state index in [2.05, 4.69) is 36.4 Å². The van der Waals surface area contributed by atoms with Crippen molar-refractivity contribution in [3.05, 3.63) is 0 Å². The Kier molecular flexibility index (Phi) is 8.94. The van der Waals surface area contributed by atoms with Gasteiger partial charge in [-0.3, -0.25) is 9.79 Å². The van der Waals surface area contributed by atoms with Gasteiger partial charge in [-0.15, -0.1) is 0 Å². The van der Waals surface area contributed by atoms with Gasteiger partial charge in [-0.2, -0.15) is 0 Å². The molecule has 0 radical (unpaired) electrons. The first-order valence-corrected chi connectivity index (χ1v) is 8.89. The number of unbranched alkanes of at least 4 members (excludes halogenated alkanes) is 1. The summed E-state index contributed by atoms with van der Waals surface area (Å²) >= 11 is 0. The van der Waals surface area contributed by atoms with Crippen LogP contribution in [0.5, 0.6) is 0 Å². The van der Waals surface area contributed by atoms with Crippen molar-refractivity contribution in [2.75, 3.05) is 26.2 Å². The third-order valence-corrected chi connectivity index (χ3v) is 3.99. The second kappa shape index (κ2) is 10.5. The van der Waals surface area contributed by atoms with Crippen LogP contribution in [0.4, 0.5) is 0 Å². The van der Waals surface area contributed by atoms with Crippen LogP contribution in [0.1, 0.15) is 59.8 Å². The Morgan fingerprint density at radius 1 is 1.32 bits per heavy atom. The van der Waals surface area contributed by atoms with Crippen LogP contribution in [0, 0.1) is 5.92 Å². The number of nitrogens with one attached hydrogen (secondary N) is 2. The van der Waals surface area contributed by atoms with Gasteiger partial charge >= 0.3 is 0 Å². The summed E-state index contributed by atoms with van der Waals surface area (Å²) in [5, 5.41) is 6.77. The van der Waals surface area contributed by atoms with E-state index in [1.807, 2.05) is 11.8 Å². The summed E-state index contributed by atoms with van der Waals surface area (Å²) in [6, 6.07) is 0.323. The van der Waals surface area contributed by atoms with E-state index in [1.54, 1.807) is 0 Å². The number of rotatable bonds is 8. The standard InChI is InChI=1S/C17H34N4O/c1-5-16(22)21-12-10-15(13-21)20-17(18-6-2)19-11-8-7-9-14(3)4/h14-15H,5-13H2,1-4H3,(H2,18,19,20). The monoisotopic (exact) mass is 310 g/mol. The van der Waals surface area contributed by atoms with Gasteiger partial charge in [0.25, 0.3) is 0 Å². The van der Waals surface area contributed by atoms with E-state index < -0.39 is 0 Å². The molecular formula is C17H34N4O. The normalized spacial score (nSPS) is 18.9. The fourth-order valence-corrected chi connectivity index (χ4v) is 2.70. The Bertz CT molecular complexity index is 355. The van der Waals surface area contributed by atoms with Crippen molar-refractivity contribution in [2.45, 2.75) is 65.8 Å². The van der Waals surface area contributed by atoms with Crippen molar-refractivity contribution in [2.24, 2.45) is 10.9 Å². The molecule has 1 heterocycles. The van der Waals surface area contributed by atoms with Gasteiger partial charge in [0.05, 0.1) is 0 Å². The average molecular weight is 310 g/mol. The lowest BCUT2D eigenvalue weighted by molar-refractivity contribution is -0.129. The number of hydrogen-bond donors (Lipinski definition) is 2. The first kappa shape index (κ1) is 18.8. The highest BCUT2D eigenvalue weighted by Crippen LogP contribution is 2.10. The fraction of sp³-hybridized carbons (Fsp3) is 0.882. The molecule has 0 aromatic rings. The van der Waals surface area contributed by atoms with E-state index in [-0.39, 0.29) is 5.91 Å². The van der Waals surface area contributed by atoms with Crippen molar-refractivity contribution < 1.29 is 4.79 Å². The molecule has 1 saturated heterocycles. The molecule has 1 aliphatic heterocycles. The van der Waals surface area contributed by atoms with E-state index in [4.69, 9.17) is 0 Å². The zero-order valence-electron chi connectivity index (χ0n) is 14.8. The van der Waals surface area contributed by atoms with Crippen molar-refractivity contribution in [3.63, 3.8) is 0 Å². The summed E-state index contributed by atoms with van der Waals surface area (Å²) in [5.41, 5.74) is 0. The maximum Gasteiger partial charge on any atom is 0.222 e. The van der Waals surface area contributed by atoms with Crippen molar-refractivity contribution in [3.8, 4) is 0 Å². The summed E-state index contributed by atoms with van der Waals surface area (Å²) < 4.78 is 0. The number of amides is 1. The van der Waals surface area contributed by atoms with Crippen LogP contribution in [0.15, 0.2) is 4.99 Å². The number of hydrogen-bond acceptors (Lipinski definition) is 2. The molecule has 1 aliphatic rings. The van der Waals surface area contributed by atoms with Gasteiger partial charge < -0.3 is 15.5 Å². The molecule has 2 N–H and O–H groups in total. The van der Waals surface area contributed by atoms with Gasteiger partial charge in [-0.1, -0.05) is 33.6 Å². The topological polar surface area (TPSA) is 56.7 Å². The van der Waals surface area contributed by atoms with Gasteiger partial charge in [0.1, 0.15) is 0 Å². The van der Waals surface area contributed by atoms with Gasteiger partial charge in [0.15, 0.2) is 5.96 Å². The first-order chi connectivity index (χ1) is 10.6. The molecule has 22 heavy (non-hydrogen) atoms. The minimum Gasteiger partial charge on any atom is -0.357 e. The maximum absolute atomic E-state index is 11.7. The smallest absolute Gasteiger partial charge is 0.222 e. The zero-order chi connectivity index (χ0) is 16.4. The van der Waals surface area contributed by atoms with E-state index in [1.165, 1.54) is 12.8 Å². The first-order valence-electron chi connectivity index (χ1n) is 8.89. The number of carbonyl (C=O) groups is 1. The Morgan fingerprint density at radius 3 is 2.73 bits per heavy atom. The molecule has 0 bridgehead atoms. The van der Waals surface area contributed by atoms with Crippen molar-refractivity contribution in [1.82, 2.24) is 15.5 Å². The predicted octanol–water partition coefficient (Wildman–Crippen LogP) is 2.38.